The molecule has 0 saturated heterocycles. The monoisotopic (exact) mass is 289 g/mol. The average molecular weight is 290 g/mol. The lowest BCUT2D eigenvalue weighted by Gasteiger charge is -2.08. The molecule has 0 bridgehead atoms. The van der Waals surface area contributed by atoms with Gasteiger partial charge in [0.1, 0.15) is 11.3 Å². The molecule has 3 aromatic rings. The predicted octanol–water partition coefficient (Wildman–Crippen LogP) is 2.82. The molecule has 3 aromatic heterocycles. The van der Waals surface area contributed by atoms with Gasteiger partial charge in [-0.15, -0.1) is 11.6 Å². The van der Waals surface area contributed by atoms with E-state index < -0.39 is 0 Å². The van der Waals surface area contributed by atoms with Crippen LogP contribution in [0.25, 0.3) is 11.2 Å². The molecule has 0 aliphatic rings. The van der Waals surface area contributed by atoms with E-state index in [4.69, 9.17) is 11.6 Å². The Hall–Kier alpha value is -1.88. The van der Waals surface area contributed by atoms with Gasteiger partial charge >= 0.3 is 0 Å². The van der Waals surface area contributed by atoms with Gasteiger partial charge in [-0.3, -0.25) is 4.68 Å². The maximum atomic E-state index is 6.27. The minimum atomic E-state index is -0.174. The van der Waals surface area contributed by atoms with Crippen LogP contribution in [0.2, 0.25) is 0 Å². The molecule has 5 nitrogen and oxygen atoms in total. The molecular weight excluding hydrogens is 274 g/mol. The van der Waals surface area contributed by atoms with Gasteiger partial charge in [0.05, 0.1) is 17.6 Å². The van der Waals surface area contributed by atoms with Crippen molar-refractivity contribution in [1.82, 2.24) is 24.3 Å². The summed E-state index contributed by atoms with van der Waals surface area (Å²) < 4.78 is 3.83. The van der Waals surface area contributed by atoms with Gasteiger partial charge in [-0.1, -0.05) is 0 Å². The number of hydrogen-bond acceptors (Lipinski definition) is 3. The lowest BCUT2D eigenvalue weighted by molar-refractivity contribution is 0.686. The highest BCUT2D eigenvalue weighted by Crippen LogP contribution is 2.25. The van der Waals surface area contributed by atoms with Gasteiger partial charge in [0.2, 0.25) is 0 Å². The molecule has 0 saturated carbocycles. The van der Waals surface area contributed by atoms with Gasteiger partial charge in [-0.25, -0.2) is 9.97 Å². The Labute approximate surface area is 122 Å². The number of hydrogen-bond donors (Lipinski definition) is 0. The van der Waals surface area contributed by atoms with Crippen LogP contribution in [-0.4, -0.2) is 24.3 Å². The van der Waals surface area contributed by atoms with Crippen LogP contribution >= 0.6 is 11.6 Å². The third kappa shape index (κ3) is 2.18. The number of halogens is 1. The molecule has 104 valence electrons. The smallest absolute Gasteiger partial charge is 0.160 e. The topological polar surface area (TPSA) is 48.5 Å². The zero-order chi connectivity index (χ0) is 14.3. The van der Waals surface area contributed by atoms with Gasteiger partial charge in [-0.2, -0.15) is 5.10 Å². The number of aromatic nitrogens is 5. The van der Waals surface area contributed by atoms with E-state index in [0.29, 0.717) is 6.54 Å². The maximum absolute atomic E-state index is 6.27. The minimum absolute atomic E-state index is 0.174. The minimum Gasteiger partial charge on any atom is -0.305 e. The van der Waals surface area contributed by atoms with E-state index in [-0.39, 0.29) is 5.38 Å². The van der Waals surface area contributed by atoms with Crippen LogP contribution in [0, 0.1) is 6.92 Å². The number of rotatable bonds is 3. The van der Waals surface area contributed by atoms with Crippen molar-refractivity contribution in [2.45, 2.75) is 25.8 Å². The van der Waals surface area contributed by atoms with E-state index in [9.17, 15) is 0 Å². The Morgan fingerprint density at radius 2 is 2.15 bits per heavy atom. The lowest BCUT2D eigenvalue weighted by atomic mass is 10.3. The lowest BCUT2D eigenvalue weighted by Crippen LogP contribution is -2.07. The number of alkyl halides is 1. The Morgan fingerprint density at radius 1 is 1.35 bits per heavy atom. The van der Waals surface area contributed by atoms with E-state index in [2.05, 4.69) is 15.1 Å². The Bertz CT molecular complexity index is 756. The summed E-state index contributed by atoms with van der Waals surface area (Å²) in [5.41, 5.74) is 3.84. The van der Waals surface area contributed by atoms with Gasteiger partial charge in [-0.05, 0) is 31.5 Å². The number of nitrogens with zero attached hydrogens (tertiary/aromatic N) is 5. The second-order valence-electron chi connectivity index (χ2n) is 4.95. The summed E-state index contributed by atoms with van der Waals surface area (Å²) in [4.78, 5) is 9.10. The number of pyridine rings is 1. The fraction of sp³-hybridized carbons (Fsp3) is 0.357. The summed E-state index contributed by atoms with van der Waals surface area (Å²) in [5, 5.41) is 4.24. The molecule has 0 aliphatic carbocycles. The number of aryl methyl sites for hydroxylation is 2. The molecule has 6 heteroatoms. The van der Waals surface area contributed by atoms with Crippen molar-refractivity contribution < 1.29 is 0 Å². The summed E-state index contributed by atoms with van der Waals surface area (Å²) in [6.45, 7) is 4.58. The SMILES string of the molecule is Cc1ccnc2c1nc(C(C)Cl)n2Cc1ccn(C)n1. The first kappa shape index (κ1) is 13.1. The van der Waals surface area contributed by atoms with E-state index in [1.165, 1.54) is 0 Å². The Morgan fingerprint density at radius 3 is 2.80 bits per heavy atom. The summed E-state index contributed by atoms with van der Waals surface area (Å²) in [7, 11) is 1.91. The zero-order valence-electron chi connectivity index (χ0n) is 11.7. The van der Waals surface area contributed by atoms with Crippen molar-refractivity contribution >= 4 is 22.8 Å². The summed E-state index contributed by atoms with van der Waals surface area (Å²) in [6.07, 6.45) is 3.73. The first-order valence-corrected chi connectivity index (χ1v) is 6.94. The fourth-order valence-electron chi connectivity index (χ4n) is 2.32. The third-order valence-corrected chi connectivity index (χ3v) is 3.51. The molecule has 1 unspecified atom stereocenters. The van der Waals surface area contributed by atoms with Crippen LogP contribution in [0.15, 0.2) is 24.5 Å². The van der Waals surface area contributed by atoms with Crippen molar-refractivity contribution in [1.29, 1.82) is 0 Å². The highest BCUT2D eigenvalue weighted by atomic mass is 35.5. The van der Waals surface area contributed by atoms with Crippen molar-refractivity contribution in [2.75, 3.05) is 0 Å². The maximum Gasteiger partial charge on any atom is 0.160 e. The highest BCUT2D eigenvalue weighted by Gasteiger charge is 2.17. The van der Waals surface area contributed by atoms with E-state index >= 15 is 0 Å². The van der Waals surface area contributed by atoms with Crippen molar-refractivity contribution in [3.63, 3.8) is 0 Å². The van der Waals surface area contributed by atoms with Crippen LogP contribution in [0.4, 0.5) is 0 Å². The van der Waals surface area contributed by atoms with Gasteiger partial charge in [0.15, 0.2) is 5.65 Å². The fourth-order valence-corrected chi connectivity index (χ4v) is 2.49. The largest absolute Gasteiger partial charge is 0.305 e. The normalized spacial score (nSPS) is 13.0. The van der Waals surface area contributed by atoms with Crippen LogP contribution in [-0.2, 0) is 13.6 Å². The van der Waals surface area contributed by atoms with Crippen molar-refractivity contribution in [2.24, 2.45) is 7.05 Å². The van der Waals surface area contributed by atoms with Crippen LogP contribution < -0.4 is 0 Å². The molecule has 0 spiro atoms. The Balaban J connectivity index is 2.16. The van der Waals surface area contributed by atoms with Crippen LogP contribution in [0.1, 0.15) is 29.4 Å². The third-order valence-electron chi connectivity index (χ3n) is 3.31. The number of imidazole rings is 1. The van der Waals surface area contributed by atoms with Crippen LogP contribution in [0.3, 0.4) is 0 Å². The molecule has 3 heterocycles. The van der Waals surface area contributed by atoms with E-state index in [1.807, 2.05) is 43.8 Å². The van der Waals surface area contributed by atoms with Gasteiger partial charge < -0.3 is 4.57 Å². The first-order valence-electron chi connectivity index (χ1n) is 6.50. The van der Waals surface area contributed by atoms with E-state index in [1.54, 1.807) is 10.9 Å². The molecule has 1 atom stereocenters. The van der Waals surface area contributed by atoms with Crippen LogP contribution in [0.5, 0.6) is 0 Å². The molecule has 0 aliphatic heterocycles. The zero-order valence-corrected chi connectivity index (χ0v) is 12.5. The second kappa shape index (κ2) is 4.90. The number of fused-ring (bicyclic) bond motifs is 1. The van der Waals surface area contributed by atoms with E-state index in [0.717, 1.165) is 28.2 Å². The quantitative estimate of drug-likeness (QED) is 0.697. The molecule has 0 radical (unpaired) electrons. The molecular formula is C14H16ClN5. The van der Waals surface area contributed by atoms with Gasteiger partial charge in [0.25, 0.3) is 0 Å². The molecule has 20 heavy (non-hydrogen) atoms. The molecule has 0 amide bonds. The Kier molecular flexibility index (Phi) is 3.22. The summed E-state index contributed by atoms with van der Waals surface area (Å²) in [5.74, 6) is 0.828. The molecule has 0 aromatic carbocycles. The highest BCUT2D eigenvalue weighted by molar-refractivity contribution is 6.20. The van der Waals surface area contributed by atoms with Gasteiger partial charge in [0, 0.05) is 19.4 Å². The predicted molar refractivity (Wildman–Crippen MR) is 78.8 cm³/mol. The average Bonchev–Trinajstić information content (AvgIpc) is 2.96. The molecule has 0 fully saturated rings. The molecule has 0 N–H and O–H groups in total. The first-order chi connectivity index (χ1) is 9.56. The summed E-state index contributed by atoms with van der Waals surface area (Å²) >= 11 is 6.27. The summed E-state index contributed by atoms with van der Waals surface area (Å²) in [6, 6.07) is 3.95. The second-order valence-corrected chi connectivity index (χ2v) is 5.61. The van der Waals surface area contributed by atoms with Crippen molar-refractivity contribution in [3.05, 3.63) is 41.6 Å². The molecule has 3 rings (SSSR count). The standard InChI is InChI=1S/C14H16ClN5/c1-9-4-6-16-14-12(9)17-13(10(2)15)20(14)8-11-5-7-19(3)18-11/h4-7,10H,8H2,1-3H3. The van der Waals surface area contributed by atoms with Crippen molar-refractivity contribution in [3.8, 4) is 0 Å².